The van der Waals surface area contributed by atoms with Crippen LogP contribution in [0.25, 0.3) is 0 Å². The van der Waals surface area contributed by atoms with Gasteiger partial charge >= 0.3 is 0 Å². The van der Waals surface area contributed by atoms with Crippen LogP contribution in [0.4, 0.5) is 10.1 Å². The van der Waals surface area contributed by atoms with Crippen LogP contribution in [-0.4, -0.2) is 13.0 Å². The molecule has 0 saturated heterocycles. The minimum absolute atomic E-state index is 0.130. The second kappa shape index (κ2) is 7.74. The number of aryl methyl sites for hydroxylation is 1. The Morgan fingerprint density at radius 1 is 1.23 bits per heavy atom. The van der Waals surface area contributed by atoms with Crippen molar-refractivity contribution in [2.75, 3.05) is 12.4 Å². The predicted octanol–water partition coefficient (Wildman–Crippen LogP) is 4.93. The van der Waals surface area contributed by atoms with Gasteiger partial charge in [-0.05, 0) is 58.2 Å². The lowest BCUT2D eigenvalue weighted by atomic mass is 10.1. The average molecular weight is 431 g/mol. The number of carbonyl (C=O) groups excluding carboxylic acids is 1. The average Bonchev–Trinajstić information content (AvgIpc) is 2.49. The van der Waals surface area contributed by atoms with Crippen molar-refractivity contribution in [3.63, 3.8) is 0 Å². The molecule has 0 aliphatic carbocycles. The minimum Gasteiger partial charge on any atom is -0.494 e. The van der Waals surface area contributed by atoms with Gasteiger partial charge in [-0.2, -0.15) is 0 Å². The molecule has 0 atom stereocenters. The van der Waals surface area contributed by atoms with Crippen molar-refractivity contribution in [2.24, 2.45) is 0 Å². The summed E-state index contributed by atoms with van der Waals surface area (Å²) in [7, 11) is 1.42. The summed E-state index contributed by atoms with van der Waals surface area (Å²) in [4.78, 5) is 12.0. The van der Waals surface area contributed by atoms with Crippen LogP contribution in [0.2, 0.25) is 0 Å². The smallest absolute Gasteiger partial charge is 0.224 e. The monoisotopic (exact) mass is 429 g/mol. The maximum absolute atomic E-state index is 13.6. The summed E-state index contributed by atoms with van der Waals surface area (Å²) in [5.41, 5.74) is 1.45. The second-order valence-corrected chi connectivity index (χ2v) is 6.41. The zero-order valence-electron chi connectivity index (χ0n) is 11.8. The number of carbonyl (C=O) groups is 1. The lowest BCUT2D eigenvalue weighted by Gasteiger charge is -2.08. The first kappa shape index (κ1) is 17.0. The number of benzene rings is 2. The maximum Gasteiger partial charge on any atom is 0.224 e. The highest BCUT2D eigenvalue weighted by Gasteiger charge is 2.08. The van der Waals surface area contributed by atoms with Gasteiger partial charge < -0.3 is 10.1 Å². The lowest BCUT2D eigenvalue weighted by Crippen LogP contribution is -2.12. The molecule has 0 radical (unpaired) electrons. The van der Waals surface area contributed by atoms with Crippen molar-refractivity contribution in [1.29, 1.82) is 0 Å². The number of methoxy groups -OCH3 is 1. The Bertz CT molecular complexity index is 692. The number of hydrogen-bond acceptors (Lipinski definition) is 2. The summed E-state index contributed by atoms with van der Waals surface area (Å²) in [5.74, 6) is -0.351. The highest BCUT2D eigenvalue weighted by atomic mass is 79.9. The van der Waals surface area contributed by atoms with Crippen molar-refractivity contribution < 1.29 is 13.9 Å². The number of hydrogen-bond donors (Lipinski definition) is 1. The van der Waals surface area contributed by atoms with Crippen LogP contribution in [0.3, 0.4) is 0 Å². The third-order valence-electron chi connectivity index (χ3n) is 3.06. The van der Waals surface area contributed by atoms with E-state index >= 15 is 0 Å². The quantitative estimate of drug-likeness (QED) is 0.730. The van der Waals surface area contributed by atoms with Crippen molar-refractivity contribution in [3.05, 3.63) is 56.7 Å². The summed E-state index contributed by atoms with van der Waals surface area (Å²) in [6.07, 6.45) is 0.725. The molecular formula is C16H14Br2FNO2. The second-order valence-electron chi connectivity index (χ2n) is 4.64. The first-order valence-corrected chi connectivity index (χ1v) is 8.15. The Morgan fingerprint density at radius 2 is 2.00 bits per heavy atom. The first-order valence-electron chi connectivity index (χ1n) is 6.57. The largest absolute Gasteiger partial charge is 0.494 e. The number of anilines is 1. The molecule has 2 aromatic rings. The fourth-order valence-electron chi connectivity index (χ4n) is 1.93. The zero-order valence-corrected chi connectivity index (χ0v) is 15.0. The van der Waals surface area contributed by atoms with Crippen molar-refractivity contribution in [2.45, 2.75) is 12.8 Å². The van der Waals surface area contributed by atoms with E-state index in [1.54, 1.807) is 12.1 Å². The zero-order chi connectivity index (χ0) is 16.1. The lowest BCUT2D eigenvalue weighted by molar-refractivity contribution is -0.116. The number of rotatable bonds is 5. The van der Waals surface area contributed by atoms with E-state index in [1.807, 2.05) is 18.2 Å². The van der Waals surface area contributed by atoms with Crippen LogP contribution in [-0.2, 0) is 11.2 Å². The molecule has 1 amide bonds. The van der Waals surface area contributed by atoms with Gasteiger partial charge in [0.1, 0.15) is 0 Å². The normalized spacial score (nSPS) is 10.4. The van der Waals surface area contributed by atoms with E-state index in [4.69, 9.17) is 4.74 Å². The molecule has 3 nitrogen and oxygen atoms in total. The maximum atomic E-state index is 13.6. The molecule has 0 aliphatic rings. The molecule has 116 valence electrons. The fraction of sp³-hybridized carbons (Fsp3) is 0.188. The van der Waals surface area contributed by atoms with Crippen molar-refractivity contribution >= 4 is 43.5 Å². The molecule has 0 heterocycles. The molecule has 0 saturated carbocycles. The third-order valence-corrected chi connectivity index (χ3v) is 4.24. The highest BCUT2D eigenvalue weighted by molar-refractivity contribution is 9.11. The summed E-state index contributed by atoms with van der Waals surface area (Å²) in [6.45, 7) is 0. The Labute approximate surface area is 145 Å². The van der Waals surface area contributed by atoms with Gasteiger partial charge in [0, 0.05) is 15.4 Å². The van der Waals surface area contributed by atoms with E-state index in [9.17, 15) is 9.18 Å². The van der Waals surface area contributed by atoms with Gasteiger partial charge in [-0.3, -0.25) is 4.79 Å². The SMILES string of the molecule is COc1ccc(CCC(=O)Nc2cc(Br)ccc2Br)cc1F. The Kier molecular flexibility index (Phi) is 5.97. The highest BCUT2D eigenvalue weighted by Crippen LogP contribution is 2.26. The summed E-state index contributed by atoms with van der Waals surface area (Å²) >= 11 is 6.74. The van der Waals surface area contributed by atoms with E-state index in [-0.39, 0.29) is 18.1 Å². The van der Waals surface area contributed by atoms with Crippen LogP contribution in [0.15, 0.2) is 45.3 Å². The molecule has 0 spiro atoms. The molecule has 0 aliphatic heterocycles. The molecule has 2 aromatic carbocycles. The van der Waals surface area contributed by atoms with Gasteiger partial charge in [0.2, 0.25) is 5.91 Å². The van der Waals surface area contributed by atoms with Gasteiger partial charge in [0.25, 0.3) is 0 Å². The molecular weight excluding hydrogens is 417 g/mol. The minimum atomic E-state index is -0.421. The van der Waals surface area contributed by atoms with E-state index < -0.39 is 5.82 Å². The molecule has 6 heteroatoms. The Morgan fingerprint density at radius 3 is 2.68 bits per heavy atom. The number of nitrogens with one attached hydrogen (secondary N) is 1. The topological polar surface area (TPSA) is 38.3 Å². The van der Waals surface area contributed by atoms with Crippen LogP contribution in [0.1, 0.15) is 12.0 Å². The third kappa shape index (κ3) is 4.55. The first-order chi connectivity index (χ1) is 10.5. The molecule has 0 bridgehead atoms. The fourth-order valence-corrected chi connectivity index (χ4v) is 2.64. The summed E-state index contributed by atoms with van der Waals surface area (Å²) in [6, 6.07) is 10.2. The molecule has 2 rings (SSSR count). The van der Waals surface area contributed by atoms with Crippen LogP contribution >= 0.6 is 31.9 Å². The van der Waals surface area contributed by atoms with Crippen LogP contribution < -0.4 is 10.1 Å². The van der Waals surface area contributed by atoms with Gasteiger partial charge in [0.05, 0.1) is 12.8 Å². The molecule has 0 aromatic heterocycles. The number of amides is 1. The summed E-state index contributed by atoms with van der Waals surface area (Å²) < 4.78 is 20.1. The van der Waals surface area contributed by atoms with Gasteiger partial charge in [0.15, 0.2) is 11.6 Å². The predicted molar refractivity (Wildman–Crippen MR) is 91.7 cm³/mol. The number of ether oxygens (including phenoxy) is 1. The standard InChI is InChI=1S/C16H14Br2FNO2/c1-22-15-6-2-10(8-13(15)19)3-7-16(21)20-14-9-11(17)4-5-12(14)18/h2,4-6,8-9H,3,7H2,1H3,(H,20,21). The summed E-state index contributed by atoms with van der Waals surface area (Å²) in [5, 5.41) is 2.82. The van der Waals surface area contributed by atoms with E-state index in [2.05, 4.69) is 37.2 Å². The van der Waals surface area contributed by atoms with Crippen LogP contribution in [0, 0.1) is 5.82 Å². The van der Waals surface area contributed by atoms with E-state index in [0.29, 0.717) is 12.1 Å². The van der Waals surface area contributed by atoms with E-state index in [0.717, 1.165) is 14.5 Å². The Hall–Kier alpha value is -1.40. The van der Waals surface area contributed by atoms with Gasteiger partial charge in [-0.25, -0.2) is 4.39 Å². The van der Waals surface area contributed by atoms with E-state index in [1.165, 1.54) is 13.2 Å². The molecule has 0 unspecified atom stereocenters. The van der Waals surface area contributed by atoms with Crippen molar-refractivity contribution in [3.8, 4) is 5.75 Å². The van der Waals surface area contributed by atoms with Crippen molar-refractivity contribution in [1.82, 2.24) is 0 Å². The van der Waals surface area contributed by atoms with Gasteiger partial charge in [-0.15, -0.1) is 0 Å². The Balaban J connectivity index is 1.95. The van der Waals surface area contributed by atoms with Crippen LogP contribution in [0.5, 0.6) is 5.75 Å². The molecule has 22 heavy (non-hydrogen) atoms. The molecule has 1 N–H and O–H groups in total. The molecule has 0 fully saturated rings. The van der Waals surface area contributed by atoms with Gasteiger partial charge in [-0.1, -0.05) is 22.0 Å². The number of halogens is 3.